The molecule has 24 heavy (non-hydrogen) atoms. The third kappa shape index (κ3) is 2.80. The number of fused-ring (bicyclic) bond motifs is 1. The molecular formula is C19H22N4O. The average Bonchev–Trinajstić information content (AvgIpc) is 3.02. The van der Waals surface area contributed by atoms with Crippen LogP contribution in [0.5, 0.6) is 0 Å². The van der Waals surface area contributed by atoms with E-state index in [2.05, 4.69) is 16.5 Å². The van der Waals surface area contributed by atoms with Crippen LogP contribution in [0.2, 0.25) is 0 Å². The van der Waals surface area contributed by atoms with E-state index in [1.165, 1.54) is 0 Å². The Morgan fingerprint density at radius 3 is 2.62 bits per heavy atom. The molecule has 0 radical (unpaired) electrons. The van der Waals surface area contributed by atoms with Gasteiger partial charge >= 0.3 is 0 Å². The number of nitrogens with one attached hydrogen (secondary N) is 1. The molecule has 0 unspecified atom stereocenters. The van der Waals surface area contributed by atoms with Crippen molar-refractivity contribution >= 4 is 11.6 Å². The lowest BCUT2D eigenvalue weighted by molar-refractivity contribution is -0.123. The van der Waals surface area contributed by atoms with Crippen LogP contribution in [0.3, 0.4) is 0 Å². The zero-order valence-electron chi connectivity index (χ0n) is 14.4. The lowest BCUT2D eigenvalue weighted by Gasteiger charge is -2.26. The number of nitrogens with zero attached hydrogens (tertiary/aromatic N) is 3. The van der Waals surface area contributed by atoms with E-state index in [-0.39, 0.29) is 5.91 Å². The van der Waals surface area contributed by atoms with E-state index < -0.39 is 5.54 Å². The summed E-state index contributed by atoms with van der Waals surface area (Å²) in [6, 6.07) is 5.93. The Bertz CT molecular complexity index is 826. The smallest absolute Gasteiger partial charge is 0.251 e. The average molecular weight is 322 g/mol. The molecule has 5 nitrogen and oxygen atoms in total. The van der Waals surface area contributed by atoms with E-state index in [0.717, 1.165) is 53.6 Å². The van der Waals surface area contributed by atoms with Crippen molar-refractivity contribution in [3.05, 3.63) is 46.8 Å². The van der Waals surface area contributed by atoms with Gasteiger partial charge in [-0.1, -0.05) is 0 Å². The predicted molar refractivity (Wildman–Crippen MR) is 92.7 cm³/mol. The Hall–Kier alpha value is -2.61. The summed E-state index contributed by atoms with van der Waals surface area (Å²) >= 11 is 0. The van der Waals surface area contributed by atoms with E-state index in [1.807, 2.05) is 39.1 Å². The highest BCUT2D eigenvalue weighted by molar-refractivity contribution is 5.97. The van der Waals surface area contributed by atoms with Crippen LogP contribution in [-0.2, 0) is 23.2 Å². The Balaban J connectivity index is 1.91. The minimum atomic E-state index is -0.788. The van der Waals surface area contributed by atoms with Gasteiger partial charge in [-0.05, 0) is 75.3 Å². The number of amides is 1. The van der Waals surface area contributed by atoms with Crippen LogP contribution in [-0.4, -0.2) is 15.7 Å². The predicted octanol–water partition coefficient (Wildman–Crippen LogP) is 3.32. The molecule has 2 aromatic rings. The summed E-state index contributed by atoms with van der Waals surface area (Å²) < 4.78 is 1.69. The number of anilines is 1. The molecule has 1 N–H and O–H groups in total. The van der Waals surface area contributed by atoms with Crippen molar-refractivity contribution in [3.8, 4) is 6.07 Å². The standard InChI is InChI=1S/C19H22N4O/c1-13-11-21-23(12-13)19(2,3)18(24)22-17-9-8-14(10-20)15-6-4-5-7-16(15)17/h8-9,11-12H,4-7H2,1-3H3,(H,22,24). The maximum Gasteiger partial charge on any atom is 0.251 e. The number of rotatable bonds is 3. The van der Waals surface area contributed by atoms with Gasteiger partial charge in [-0.25, -0.2) is 0 Å². The molecule has 0 aliphatic heterocycles. The van der Waals surface area contributed by atoms with Gasteiger partial charge in [0, 0.05) is 11.9 Å². The molecule has 0 bridgehead atoms. The number of carbonyl (C=O) groups excluding carboxylic acids is 1. The molecule has 1 amide bonds. The van der Waals surface area contributed by atoms with Crippen LogP contribution in [0.4, 0.5) is 5.69 Å². The first-order valence-corrected chi connectivity index (χ1v) is 8.31. The molecule has 0 saturated heterocycles. The van der Waals surface area contributed by atoms with Gasteiger partial charge in [-0.15, -0.1) is 0 Å². The van der Waals surface area contributed by atoms with Crippen molar-refractivity contribution in [3.63, 3.8) is 0 Å². The van der Waals surface area contributed by atoms with E-state index in [1.54, 1.807) is 10.9 Å². The Morgan fingerprint density at radius 1 is 1.29 bits per heavy atom. The molecule has 3 rings (SSSR count). The summed E-state index contributed by atoms with van der Waals surface area (Å²) in [5, 5.41) is 16.6. The van der Waals surface area contributed by atoms with Crippen LogP contribution in [0.1, 0.15) is 48.9 Å². The van der Waals surface area contributed by atoms with E-state index >= 15 is 0 Å². The zero-order valence-corrected chi connectivity index (χ0v) is 14.4. The van der Waals surface area contributed by atoms with Crippen molar-refractivity contribution in [2.45, 2.75) is 52.0 Å². The minimum absolute atomic E-state index is 0.108. The number of carbonyl (C=O) groups is 1. The highest BCUT2D eigenvalue weighted by atomic mass is 16.2. The van der Waals surface area contributed by atoms with Crippen molar-refractivity contribution in [2.75, 3.05) is 5.32 Å². The van der Waals surface area contributed by atoms with Gasteiger partial charge in [-0.2, -0.15) is 10.4 Å². The fourth-order valence-electron chi connectivity index (χ4n) is 3.19. The number of hydrogen-bond donors (Lipinski definition) is 1. The molecule has 0 spiro atoms. The SMILES string of the molecule is Cc1cnn(C(C)(C)C(=O)Nc2ccc(C#N)c3c2CCCC3)c1. The number of hydrogen-bond acceptors (Lipinski definition) is 3. The van der Waals surface area contributed by atoms with Gasteiger partial charge in [-0.3, -0.25) is 9.48 Å². The van der Waals surface area contributed by atoms with Gasteiger partial charge in [0.2, 0.25) is 0 Å². The fraction of sp³-hybridized carbons (Fsp3) is 0.421. The monoisotopic (exact) mass is 322 g/mol. The second-order valence-electron chi connectivity index (χ2n) is 6.91. The first-order valence-electron chi connectivity index (χ1n) is 8.31. The summed E-state index contributed by atoms with van der Waals surface area (Å²) in [5.74, 6) is -0.108. The maximum atomic E-state index is 12.8. The van der Waals surface area contributed by atoms with Crippen LogP contribution in [0, 0.1) is 18.3 Å². The van der Waals surface area contributed by atoms with Gasteiger partial charge in [0.1, 0.15) is 5.54 Å². The third-order valence-electron chi connectivity index (χ3n) is 4.74. The van der Waals surface area contributed by atoms with Crippen molar-refractivity contribution in [1.82, 2.24) is 9.78 Å². The lowest BCUT2D eigenvalue weighted by Crippen LogP contribution is -2.41. The molecule has 0 fully saturated rings. The third-order valence-corrected chi connectivity index (χ3v) is 4.74. The number of nitriles is 1. The van der Waals surface area contributed by atoms with Crippen LogP contribution < -0.4 is 5.32 Å². The molecule has 1 aliphatic rings. The molecule has 124 valence electrons. The number of aromatic nitrogens is 2. The Labute approximate surface area is 142 Å². The summed E-state index contributed by atoms with van der Waals surface area (Å²) in [5.41, 5.74) is 3.99. The molecular weight excluding hydrogens is 300 g/mol. The number of aryl methyl sites for hydroxylation is 1. The maximum absolute atomic E-state index is 12.8. The quantitative estimate of drug-likeness (QED) is 0.942. The van der Waals surface area contributed by atoms with E-state index in [9.17, 15) is 10.1 Å². The molecule has 1 aromatic carbocycles. The molecule has 1 aliphatic carbocycles. The highest BCUT2D eigenvalue weighted by Crippen LogP contribution is 2.31. The second kappa shape index (κ2) is 6.12. The molecule has 1 aromatic heterocycles. The van der Waals surface area contributed by atoms with Crippen molar-refractivity contribution < 1.29 is 4.79 Å². The molecule has 5 heteroatoms. The van der Waals surface area contributed by atoms with Crippen molar-refractivity contribution in [2.24, 2.45) is 0 Å². The summed E-state index contributed by atoms with van der Waals surface area (Å²) in [7, 11) is 0. The van der Waals surface area contributed by atoms with Crippen LogP contribution >= 0.6 is 0 Å². The first-order chi connectivity index (χ1) is 11.4. The molecule has 1 heterocycles. The van der Waals surface area contributed by atoms with Gasteiger partial charge in [0.05, 0.1) is 17.8 Å². The van der Waals surface area contributed by atoms with Gasteiger partial charge in [0.25, 0.3) is 5.91 Å². The van der Waals surface area contributed by atoms with Crippen LogP contribution in [0.25, 0.3) is 0 Å². The zero-order chi connectivity index (χ0) is 17.3. The van der Waals surface area contributed by atoms with Crippen LogP contribution in [0.15, 0.2) is 24.5 Å². The molecule has 0 saturated carbocycles. The van der Waals surface area contributed by atoms with Gasteiger partial charge in [0.15, 0.2) is 0 Å². The largest absolute Gasteiger partial charge is 0.324 e. The minimum Gasteiger partial charge on any atom is -0.324 e. The Kier molecular flexibility index (Phi) is 4.15. The second-order valence-corrected chi connectivity index (χ2v) is 6.91. The van der Waals surface area contributed by atoms with E-state index in [4.69, 9.17) is 0 Å². The summed E-state index contributed by atoms with van der Waals surface area (Å²) in [6.45, 7) is 5.66. The summed E-state index contributed by atoms with van der Waals surface area (Å²) in [4.78, 5) is 12.8. The van der Waals surface area contributed by atoms with Gasteiger partial charge < -0.3 is 5.32 Å². The number of benzene rings is 1. The normalized spacial score (nSPS) is 13.9. The lowest BCUT2D eigenvalue weighted by atomic mass is 9.87. The summed E-state index contributed by atoms with van der Waals surface area (Å²) in [6.07, 6.45) is 7.61. The highest BCUT2D eigenvalue weighted by Gasteiger charge is 2.31. The first kappa shape index (κ1) is 16.3. The topological polar surface area (TPSA) is 70.7 Å². The fourth-order valence-corrected chi connectivity index (χ4v) is 3.19. The van der Waals surface area contributed by atoms with Crippen molar-refractivity contribution in [1.29, 1.82) is 5.26 Å². The van der Waals surface area contributed by atoms with E-state index in [0.29, 0.717) is 0 Å². The molecule has 0 atom stereocenters. The Morgan fingerprint density at radius 2 is 2.00 bits per heavy atom.